The molecule has 0 unspecified atom stereocenters. The van der Waals surface area contributed by atoms with Gasteiger partial charge in [0.15, 0.2) is 11.5 Å². The lowest BCUT2D eigenvalue weighted by atomic mass is 10.1. The molecule has 18 N–H and O–H groups in total. The number of hydrogen-bond acceptors (Lipinski definition) is 33. The minimum absolute atomic E-state index is 0.101. The van der Waals surface area contributed by atoms with Crippen LogP contribution in [0.3, 0.4) is 0 Å². The molecule has 0 saturated heterocycles. The number of rotatable bonds is 19. The van der Waals surface area contributed by atoms with E-state index < -0.39 is 0 Å². The molecule has 0 spiro atoms. The molecule has 0 aliphatic carbocycles. The topological polar surface area (TPSA) is 513 Å². The van der Waals surface area contributed by atoms with E-state index in [0.29, 0.717) is 147 Å². The molecule has 0 bridgehead atoms. The van der Waals surface area contributed by atoms with Gasteiger partial charge in [-0.3, -0.25) is 28.8 Å². The molecule has 6 aromatic carbocycles. The van der Waals surface area contributed by atoms with Gasteiger partial charge in [-0.25, -0.2) is 8.78 Å². The van der Waals surface area contributed by atoms with E-state index in [1.165, 1.54) is 79.7 Å². The number of amides is 6. The number of aryl methyl sites for hydroxylation is 15. The third-order valence-corrected chi connectivity index (χ3v) is 30.3. The smallest absolute Gasteiger partial charge is 0.263 e. The fourth-order valence-corrected chi connectivity index (χ4v) is 21.0. The van der Waals surface area contributed by atoms with Crippen molar-refractivity contribution in [2.45, 2.75) is 143 Å². The molecular formula is C101H102F2N24O9S6. The van der Waals surface area contributed by atoms with Crippen LogP contribution in [0, 0.1) is 115 Å². The first kappa shape index (κ1) is 102. The summed E-state index contributed by atoms with van der Waals surface area (Å²) in [4.78, 5) is 81.5. The molecule has 6 amide bonds. The minimum Gasteiger partial charge on any atom is -0.497 e. The molecule has 0 saturated carbocycles. The van der Waals surface area contributed by atoms with E-state index in [1.54, 1.807) is 44.4 Å². The first-order valence-electron chi connectivity index (χ1n) is 44.3. The maximum atomic E-state index is 14.0. The van der Waals surface area contributed by atoms with Gasteiger partial charge in [0.25, 0.3) is 35.4 Å². The van der Waals surface area contributed by atoms with Crippen molar-refractivity contribution in [3.63, 3.8) is 0 Å². The van der Waals surface area contributed by atoms with E-state index in [4.69, 9.17) is 48.6 Å². The Hall–Kier alpha value is -15.6. The first-order valence-corrected chi connectivity index (χ1v) is 49.2. The summed E-state index contributed by atoms with van der Waals surface area (Å²) in [5.74, 6) is 0.0685. The van der Waals surface area contributed by atoms with Gasteiger partial charge in [-0.1, -0.05) is 114 Å². The number of methoxy groups -OCH3 is 1. The Kier molecular flexibility index (Phi) is 32.2. The van der Waals surface area contributed by atoms with Crippen LogP contribution in [-0.4, -0.2) is 111 Å². The third kappa shape index (κ3) is 22.8. The van der Waals surface area contributed by atoms with E-state index in [9.17, 15) is 37.5 Å². The number of anilines is 6. The number of aromatic nitrogens is 12. The largest absolute Gasteiger partial charge is 0.497 e. The predicted octanol–water partition coefficient (Wildman–Crippen LogP) is 17.9. The summed E-state index contributed by atoms with van der Waals surface area (Å²) in [6.45, 7) is 30.5. The van der Waals surface area contributed by atoms with Crippen molar-refractivity contribution in [2.24, 2.45) is 0 Å². The predicted molar refractivity (Wildman–Crippen MR) is 560 cm³/mol. The zero-order chi connectivity index (χ0) is 102. The molecule has 18 aromatic rings. The average molecular weight is 2030 g/mol. The van der Waals surface area contributed by atoms with Gasteiger partial charge in [0.1, 0.15) is 75.6 Å². The van der Waals surface area contributed by atoms with Gasteiger partial charge in [0.2, 0.25) is 6.79 Å². The highest BCUT2D eigenvalue weighted by molar-refractivity contribution is 7.23. The number of fused-ring (bicyclic) bond motifs is 7. The Bertz CT molecular complexity index is 7820. The molecule has 19 rings (SSSR count). The van der Waals surface area contributed by atoms with Crippen LogP contribution in [-0.2, 0) is 39.3 Å². The van der Waals surface area contributed by atoms with Crippen LogP contribution in [0.2, 0.25) is 0 Å². The van der Waals surface area contributed by atoms with Crippen LogP contribution >= 0.6 is 68.0 Å². The number of carbonyl (C=O) groups excluding carboxylic acids is 6. The number of nitrogens with one attached hydrogen (secondary N) is 6. The highest BCUT2D eigenvalue weighted by Gasteiger charge is 2.28. The summed E-state index contributed by atoms with van der Waals surface area (Å²) < 4.78 is 43.5. The fourth-order valence-electron chi connectivity index (χ4n) is 14.9. The number of benzene rings is 6. The second kappa shape index (κ2) is 44.7. The van der Waals surface area contributed by atoms with E-state index in [-0.39, 0.29) is 67.0 Å². The zero-order valence-corrected chi connectivity index (χ0v) is 85.3. The van der Waals surface area contributed by atoms with E-state index in [1.807, 2.05) is 194 Å². The maximum absolute atomic E-state index is 14.0. The number of hydrogen-bond donors (Lipinski definition) is 12. The highest BCUT2D eigenvalue weighted by atomic mass is 32.1. The number of halogens is 2. The van der Waals surface area contributed by atoms with Gasteiger partial charge in [0.05, 0.1) is 75.4 Å². The average Bonchev–Trinajstić information content (AvgIpc) is 1.65. The molecule has 0 atom stereocenters. The van der Waals surface area contributed by atoms with Gasteiger partial charge in [0, 0.05) is 82.7 Å². The van der Waals surface area contributed by atoms with Crippen molar-refractivity contribution < 1.29 is 51.8 Å². The number of thiophene rings is 6. The lowest BCUT2D eigenvalue weighted by Gasteiger charge is -2.07. The first-order chi connectivity index (χ1) is 67.9. The van der Waals surface area contributed by atoms with Crippen molar-refractivity contribution in [3.8, 4) is 17.2 Å². The molecule has 0 fully saturated rings. The molecule has 1 aliphatic rings. The monoisotopic (exact) mass is 2020 g/mol. The Balaban J connectivity index is 0.000000135. The summed E-state index contributed by atoms with van der Waals surface area (Å²) in [5.41, 5.74) is 57.8. The van der Waals surface area contributed by atoms with Crippen molar-refractivity contribution >= 4 is 199 Å². The summed E-state index contributed by atoms with van der Waals surface area (Å²) in [6.07, 6.45) is 0. The Morgan fingerprint density at radius 3 is 0.958 bits per heavy atom. The summed E-state index contributed by atoms with van der Waals surface area (Å²) >= 11 is 7.47. The standard InChI is InChI=1S/2C17H17FN4OS.C17H16N4O3S.C17H18N4O2S.C17H18N4OS.C16H16N4OS/c1-8-4-5-12(18)11(6-8)7-20-16(23)15-14(19)13-9(2)10(3)21-22-17(13)24-15;1-8-5-4-6-11(13(8)18)7-20-16(23)15-14(19)12-9(2)10(3)21-22-17(12)24-15;1-8-9(2)20-21-17-13(8)14(18)15(25-17)16(22)19-6-10-3-4-11-12(5-10)24-7-23-11;1-9-10(2)20-21-17-13(9)14(18)15(24-17)16(22)19-8-11-4-6-12(23-3)7-5-11;1-9-5-4-6-12(7-9)8-19-16(22)15-14(18)13-10(2)11(3)20-21-17(13)23-15;1-9-10(2)19-20-16-12(9)13(17)14(22-16)15(21)18-8-11-6-4-3-5-7-11/h2*4-6H,7,19H2,1-3H3,(H,20,23);3-5H,6-7,18H2,1-2H3,(H,19,22);4-7H,8,18H2,1-3H3,(H,19,22);4-7H,8,18H2,1-3H3,(H,19,22);3-7H,8,17H2,1-2H3,(H,18,21). The number of ether oxygens (including phenoxy) is 3. The molecule has 142 heavy (non-hydrogen) atoms. The van der Waals surface area contributed by atoms with Gasteiger partial charge < -0.3 is 80.5 Å². The molecule has 0 radical (unpaired) electrons. The molecule has 13 heterocycles. The summed E-state index contributed by atoms with van der Waals surface area (Å²) in [7, 11) is 1.62. The van der Waals surface area contributed by atoms with Gasteiger partial charge in [-0.2, -0.15) is 30.6 Å². The Labute approximate surface area is 838 Å². The van der Waals surface area contributed by atoms with Crippen LogP contribution in [0.1, 0.15) is 176 Å². The second-order valence-corrected chi connectivity index (χ2v) is 39.4. The summed E-state index contributed by atoms with van der Waals surface area (Å²) in [6, 6.07) is 40.8. The molecule has 730 valence electrons. The molecular weight excluding hydrogens is 1920 g/mol. The normalized spacial score (nSPS) is 11.2. The Morgan fingerprint density at radius 1 is 0.310 bits per heavy atom. The highest BCUT2D eigenvalue weighted by Crippen LogP contribution is 2.42. The second-order valence-electron chi connectivity index (χ2n) is 33.4. The van der Waals surface area contributed by atoms with Crippen LogP contribution < -0.4 is 80.5 Å². The SMILES string of the molecule is COc1ccc(CNC(=O)c2sc3nnc(C)c(C)c3c2N)cc1.Cc1ccc(F)c(CNC(=O)c2sc3nnc(C)c(C)c3c2N)c1.Cc1cccc(CNC(=O)c2sc3nnc(C)c(C)c3c2N)c1.Cc1cccc(CNC(=O)c2sc3nnc(C)c(C)c3c2N)c1F.Cc1nnc2sc(C(=O)NCc3ccc4c(c3)OCO4)c(N)c2c1C.Cc1nnc2sc(C(=O)NCc3ccccc3)c(N)c2c1C. The van der Waals surface area contributed by atoms with Crippen molar-refractivity contribution in [3.05, 3.63) is 292 Å². The van der Waals surface area contributed by atoms with Gasteiger partial charge in [-0.15, -0.1) is 98.6 Å². The van der Waals surface area contributed by atoms with Crippen LogP contribution in [0.25, 0.3) is 61.3 Å². The maximum Gasteiger partial charge on any atom is 0.263 e. The molecule has 1 aliphatic heterocycles. The van der Waals surface area contributed by atoms with Crippen LogP contribution in [0.15, 0.2) is 133 Å². The van der Waals surface area contributed by atoms with Gasteiger partial charge >= 0.3 is 0 Å². The van der Waals surface area contributed by atoms with Crippen molar-refractivity contribution in [1.29, 1.82) is 0 Å². The molecule has 41 heteroatoms. The number of nitrogen functional groups attached to an aromatic ring is 6. The van der Waals surface area contributed by atoms with E-state index in [2.05, 4.69) is 93.1 Å². The van der Waals surface area contributed by atoms with Gasteiger partial charge in [-0.05, 0) is 195 Å². The summed E-state index contributed by atoms with van der Waals surface area (Å²) in [5, 5.41) is 71.1. The van der Waals surface area contributed by atoms with Crippen molar-refractivity contribution in [1.82, 2.24) is 93.1 Å². The number of nitrogens with zero attached hydrogens (tertiary/aromatic N) is 12. The quantitative estimate of drug-likeness (QED) is 0.0358. The number of carbonyl (C=O) groups is 6. The molecule has 12 aromatic heterocycles. The van der Waals surface area contributed by atoms with Crippen molar-refractivity contribution in [2.75, 3.05) is 48.3 Å². The molecule has 33 nitrogen and oxygen atoms in total. The van der Waals surface area contributed by atoms with E-state index >= 15 is 0 Å². The third-order valence-electron chi connectivity index (χ3n) is 23.7. The van der Waals surface area contributed by atoms with Crippen LogP contribution in [0.4, 0.5) is 42.9 Å². The Morgan fingerprint density at radius 2 is 0.606 bits per heavy atom. The zero-order valence-electron chi connectivity index (χ0n) is 80.4. The number of nitrogens with two attached hydrogens (primary N) is 6. The minimum atomic E-state index is -0.345. The lowest BCUT2D eigenvalue weighted by Crippen LogP contribution is -2.23. The fraction of sp³-hybridized carbons (Fsp3) is 0.228. The lowest BCUT2D eigenvalue weighted by molar-refractivity contribution is 0.0947. The van der Waals surface area contributed by atoms with Crippen LogP contribution in [0.5, 0.6) is 17.2 Å². The van der Waals surface area contributed by atoms with E-state index in [0.717, 1.165) is 133 Å².